The van der Waals surface area contributed by atoms with Crippen LogP contribution in [0.15, 0.2) is 12.3 Å². The number of amides is 1. The minimum Gasteiger partial charge on any atom is -0.389 e. The highest BCUT2D eigenvalue weighted by Crippen LogP contribution is 2.42. The van der Waals surface area contributed by atoms with Crippen molar-refractivity contribution >= 4 is 23.1 Å². The fourth-order valence-corrected chi connectivity index (χ4v) is 4.28. The number of nitrogens with zero attached hydrogens (tertiary/aromatic N) is 2. The van der Waals surface area contributed by atoms with Crippen molar-refractivity contribution in [3.05, 3.63) is 28.5 Å². The number of halogens is 2. The van der Waals surface area contributed by atoms with Gasteiger partial charge >= 0.3 is 0 Å². The van der Waals surface area contributed by atoms with Crippen LogP contribution in [0, 0.1) is 12.8 Å². The third-order valence-electron chi connectivity index (χ3n) is 5.14. The number of hydrogen-bond acceptors (Lipinski definition) is 6. The van der Waals surface area contributed by atoms with Crippen molar-refractivity contribution in [1.29, 1.82) is 0 Å². The molecule has 2 aromatic rings. The zero-order valence-electron chi connectivity index (χ0n) is 17.8. The smallest absolute Gasteiger partial charge is 0.280 e. The molecule has 0 aromatic carbocycles. The summed E-state index contributed by atoms with van der Waals surface area (Å²) >= 11 is 1.04. The Kier molecular flexibility index (Phi) is 6.15. The van der Waals surface area contributed by atoms with Crippen LogP contribution in [0.4, 0.5) is 14.6 Å². The van der Waals surface area contributed by atoms with E-state index in [1.54, 1.807) is 20.8 Å². The van der Waals surface area contributed by atoms with Gasteiger partial charge in [-0.2, -0.15) is 0 Å². The highest BCUT2D eigenvalue weighted by Gasteiger charge is 2.38. The molecule has 2 aromatic heterocycles. The quantitative estimate of drug-likeness (QED) is 0.563. The first-order chi connectivity index (χ1) is 13.9. The second-order valence-electron chi connectivity index (χ2n) is 9.01. The summed E-state index contributed by atoms with van der Waals surface area (Å²) in [6.07, 6.45) is 0.976. The van der Waals surface area contributed by atoms with Gasteiger partial charge in [0.15, 0.2) is 5.01 Å². The molecule has 164 valence electrons. The average molecular weight is 439 g/mol. The van der Waals surface area contributed by atoms with Crippen molar-refractivity contribution in [1.82, 2.24) is 15.3 Å². The van der Waals surface area contributed by atoms with Crippen molar-refractivity contribution in [2.75, 3.05) is 11.9 Å². The Morgan fingerprint density at radius 1 is 1.33 bits per heavy atom. The van der Waals surface area contributed by atoms with Gasteiger partial charge in [0, 0.05) is 29.4 Å². The maximum absolute atomic E-state index is 13.9. The molecule has 9 heteroatoms. The Morgan fingerprint density at radius 2 is 2.00 bits per heavy atom. The summed E-state index contributed by atoms with van der Waals surface area (Å²) < 4.78 is 27.7. The van der Waals surface area contributed by atoms with Crippen molar-refractivity contribution in [3.8, 4) is 10.4 Å². The molecule has 3 rings (SSSR count). The number of nitrogens with one attached hydrogen (secondary N) is 2. The molecule has 0 saturated heterocycles. The lowest BCUT2D eigenvalue weighted by Crippen LogP contribution is -2.38. The van der Waals surface area contributed by atoms with Crippen molar-refractivity contribution < 1.29 is 18.7 Å². The highest BCUT2D eigenvalue weighted by molar-refractivity contribution is 7.17. The third kappa shape index (κ3) is 5.31. The third-order valence-corrected chi connectivity index (χ3v) is 6.33. The predicted molar refractivity (Wildman–Crippen MR) is 114 cm³/mol. The molecule has 1 fully saturated rings. The molecule has 0 spiro atoms. The molecule has 0 aliphatic heterocycles. The molecule has 1 aliphatic carbocycles. The first-order valence-electron chi connectivity index (χ1n) is 9.92. The van der Waals surface area contributed by atoms with Crippen LogP contribution in [0.3, 0.4) is 0 Å². The van der Waals surface area contributed by atoms with Crippen molar-refractivity contribution in [2.24, 2.45) is 5.92 Å². The van der Waals surface area contributed by atoms with E-state index in [9.17, 15) is 18.7 Å². The summed E-state index contributed by atoms with van der Waals surface area (Å²) in [6.45, 7) is 8.98. The van der Waals surface area contributed by atoms with E-state index in [0.717, 1.165) is 24.2 Å². The number of alkyl halides is 2. The number of aliphatic hydroxyl groups is 1. The number of anilines is 1. The van der Waals surface area contributed by atoms with Gasteiger partial charge < -0.3 is 15.7 Å². The number of aromatic nitrogens is 2. The van der Waals surface area contributed by atoms with Gasteiger partial charge in [0.1, 0.15) is 5.82 Å². The van der Waals surface area contributed by atoms with E-state index in [0.29, 0.717) is 22.3 Å². The predicted octanol–water partition coefficient (Wildman–Crippen LogP) is 4.55. The van der Waals surface area contributed by atoms with Gasteiger partial charge in [-0.25, -0.2) is 18.7 Å². The van der Waals surface area contributed by atoms with E-state index < -0.39 is 17.9 Å². The highest BCUT2D eigenvalue weighted by atomic mass is 32.1. The van der Waals surface area contributed by atoms with E-state index in [2.05, 4.69) is 20.6 Å². The molecule has 2 heterocycles. The molecule has 0 bridgehead atoms. The van der Waals surface area contributed by atoms with Crippen LogP contribution in [-0.4, -0.2) is 38.7 Å². The van der Waals surface area contributed by atoms with E-state index in [-0.39, 0.29) is 28.2 Å². The minimum absolute atomic E-state index is 0.0563. The van der Waals surface area contributed by atoms with Crippen LogP contribution in [0.1, 0.15) is 68.0 Å². The van der Waals surface area contributed by atoms with E-state index in [4.69, 9.17) is 0 Å². The number of thiazole rings is 1. The second kappa shape index (κ2) is 8.19. The maximum Gasteiger partial charge on any atom is 0.280 e. The number of hydrogen-bond donors (Lipinski definition) is 3. The summed E-state index contributed by atoms with van der Waals surface area (Å²) in [7, 11) is 0. The van der Waals surface area contributed by atoms with E-state index >= 15 is 0 Å². The lowest BCUT2D eigenvalue weighted by atomic mass is 9.98. The van der Waals surface area contributed by atoms with Gasteiger partial charge in [-0.15, -0.1) is 11.3 Å². The van der Waals surface area contributed by atoms with Gasteiger partial charge in [-0.1, -0.05) is 0 Å². The summed E-state index contributed by atoms with van der Waals surface area (Å²) in [5, 5.41) is 15.8. The first-order valence-corrected chi connectivity index (χ1v) is 10.7. The van der Waals surface area contributed by atoms with Gasteiger partial charge in [0.05, 0.1) is 16.2 Å². The van der Waals surface area contributed by atoms with Crippen molar-refractivity contribution in [3.63, 3.8) is 0 Å². The molecular weight excluding hydrogens is 410 g/mol. The molecule has 1 aliphatic rings. The fraction of sp³-hybridized carbons (Fsp3) is 0.571. The average Bonchev–Trinajstić information content (AvgIpc) is 3.42. The molecule has 6 nitrogen and oxygen atoms in total. The van der Waals surface area contributed by atoms with Crippen LogP contribution in [0.5, 0.6) is 0 Å². The van der Waals surface area contributed by atoms with Crippen molar-refractivity contribution in [2.45, 2.75) is 65.0 Å². The zero-order chi connectivity index (χ0) is 22.3. The summed E-state index contributed by atoms with van der Waals surface area (Å²) in [6, 6.07) is 1.39. The van der Waals surface area contributed by atoms with Gasteiger partial charge in [0.25, 0.3) is 12.3 Å². The number of aryl methyl sites for hydroxylation is 1. The van der Waals surface area contributed by atoms with Crippen LogP contribution in [0.25, 0.3) is 10.4 Å². The molecule has 3 N–H and O–H groups in total. The summed E-state index contributed by atoms with van der Waals surface area (Å²) in [5.41, 5.74) is -0.656. The molecular formula is C21H28F2N4O2S. The summed E-state index contributed by atoms with van der Waals surface area (Å²) in [5.74, 6) is 0.478. The number of pyridine rings is 1. The Hall–Kier alpha value is -2.13. The topological polar surface area (TPSA) is 87.1 Å². The molecule has 1 saturated carbocycles. The first kappa shape index (κ1) is 22.6. The normalized spacial score (nSPS) is 14.8. The standard InChI is InChI=1S/C21H28F2N4O2S/c1-11-16(30-19(26-11)18(28)25-10-20(2,3)29)14-9-24-15(8-13(14)17(22)23)27-21(4,5)12-6-7-12/h8-9,12,17,29H,6-7,10H2,1-5H3,(H,24,27)(H,25,28). The summed E-state index contributed by atoms with van der Waals surface area (Å²) in [4.78, 5) is 21.4. The monoisotopic (exact) mass is 438 g/mol. The molecule has 0 radical (unpaired) electrons. The Balaban J connectivity index is 1.87. The zero-order valence-corrected chi connectivity index (χ0v) is 18.7. The van der Waals surface area contributed by atoms with E-state index in [1.807, 2.05) is 13.8 Å². The number of carbonyl (C=O) groups is 1. The van der Waals surface area contributed by atoms with Crippen LogP contribution in [0.2, 0.25) is 0 Å². The molecule has 0 atom stereocenters. The van der Waals surface area contributed by atoms with Crippen LogP contribution in [-0.2, 0) is 0 Å². The lowest BCUT2D eigenvalue weighted by Gasteiger charge is -2.27. The molecule has 1 amide bonds. The van der Waals surface area contributed by atoms with Gasteiger partial charge in [-0.3, -0.25) is 4.79 Å². The van der Waals surface area contributed by atoms with Crippen LogP contribution < -0.4 is 10.6 Å². The Labute approximate surface area is 179 Å². The molecule has 0 unspecified atom stereocenters. The Morgan fingerprint density at radius 3 is 2.57 bits per heavy atom. The minimum atomic E-state index is -2.69. The Bertz CT molecular complexity index is 934. The lowest BCUT2D eigenvalue weighted by molar-refractivity contribution is 0.0694. The van der Waals surface area contributed by atoms with Gasteiger partial charge in [-0.05, 0) is 59.4 Å². The van der Waals surface area contributed by atoms with E-state index in [1.165, 1.54) is 12.3 Å². The number of rotatable bonds is 8. The largest absolute Gasteiger partial charge is 0.389 e. The fourth-order valence-electron chi connectivity index (χ4n) is 3.26. The SMILES string of the molecule is Cc1nc(C(=O)NCC(C)(C)O)sc1-c1cnc(NC(C)(C)C2CC2)cc1C(F)F. The van der Waals surface area contributed by atoms with Gasteiger partial charge in [0.2, 0.25) is 0 Å². The van der Waals surface area contributed by atoms with Crippen LogP contribution >= 0.6 is 11.3 Å². The maximum atomic E-state index is 13.9. The molecule has 30 heavy (non-hydrogen) atoms. The number of carbonyl (C=O) groups excluding carboxylic acids is 1. The second-order valence-corrected chi connectivity index (χ2v) is 10.0.